The van der Waals surface area contributed by atoms with Crippen molar-refractivity contribution in [1.29, 1.82) is 0 Å². The van der Waals surface area contributed by atoms with E-state index in [0.717, 1.165) is 29.1 Å². The molecule has 5 rings (SSSR count). The number of carboxylic acids is 1. The summed E-state index contributed by atoms with van der Waals surface area (Å²) in [6.45, 7) is -0.280. The van der Waals surface area contributed by atoms with Crippen molar-refractivity contribution in [3.8, 4) is 17.1 Å². The van der Waals surface area contributed by atoms with Gasteiger partial charge in [-0.3, -0.25) is 14.9 Å². The van der Waals surface area contributed by atoms with Crippen molar-refractivity contribution >= 4 is 40.4 Å². The van der Waals surface area contributed by atoms with Gasteiger partial charge in [0.05, 0.1) is 33.2 Å². The fourth-order valence-corrected chi connectivity index (χ4v) is 4.53. The maximum absolute atomic E-state index is 13.5. The number of carboxylic acid groups (broad SMARTS) is 1. The van der Waals surface area contributed by atoms with E-state index in [4.69, 9.17) is 16.3 Å². The Morgan fingerprint density at radius 3 is 2.55 bits per heavy atom. The third kappa shape index (κ3) is 6.27. The summed E-state index contributed by atoms with van der Waals surface area (Å²) in [4.78, 5) is 40.4. The molecule has 1 N–H and O–H groups in total. The molecular weight excluding hydrogens is 605 g/mol. The lowest BCUT2D eigenvalue weighted by molar-refractivity contribution is -0.385. The SMILES string of the molecule is O=C(O)c1cccc(COc2c(C=Nn3c(-c4cccc(C(F)(F)F)c4)nc4ccccc4c3=O)cc(Cl)cc2[N+](=O)[O-])c1. The number of aromatic nitrogens is 2. The number of ether oxygens (including phenoxy) is 1. The molecule has 0 radical (unpaired) electrons. The third-order valence-corrected chi connectivity index (χ3v) is 6.55. The molecule has 0 spiro atoms. The lowest BCUT2D eigenvalue weighted by Crippen LogP contribution is -2.20. The minimum Gasteiger partial charge on any atom is -0.481 e. The zero-order chi connectivity index (χ0) is 31.6. The normalized spacial score (nSPS) is 11.6. The van der Waals surface area contributed by atoms with E-state index in [9.17, 15) is 38.0 Å². The van der Waals surface area contributed by atoms with E-state index in [1.165, 1.54) is 48.5 Å². The molecule has 10 nitrogen and oxygen atoms in total. The van der Waals surface area contributed by atoms with Gasteiger partial charge in [-0.05, 0) is 48.0 Å². The fraction of sp³-hybridized carbons (Fsp3) is 0.0667. The molecule has 0 aliphatic heterocycles. The Kier molecular flexibility index (Phi) is 8.14. The van der Waals surface area contributed by atoms with Crippen molar-refractivity contribution in [2.24, 2.45) is 5.10 Å². The van der Waals surface area contributed by atoms with Crippen molar-refractivity contribution < 1.29 is 32.7 Å². The van der Waals surface area contributed by atoms with E-state index in [1.807, 2.05) is 0 Å². The maximum atomic E-state index is 13.5. The molecule has 0 fully saturated rings. The van der Waals surface area contributed by atoms with Crippen LogP contribution in [0.2, 0.25) is 5.02 Å². The summed E-state index contributed by atoms with van der Waals surface area (Å²) in [5, 5.41) is 25.4. The van der Waals surface area contributed by atoms with Gasteiger partial charge < -0.3 is 9.84 Å². The lowest BCUT2D eigenvalue weighted by atomic mass is 10.1. The van der Waals surface area contributed by atoms with E-state index in [1.54, 1.807) is 18.2 Å². The van der Waals surface area contributed by atoms with Gasteiger partial charge in [0.25, 0.3) is 5.56 Å². The van der Waals surface area contributed by atoms with Gasteiger partial charge in [-0.15, -0.1) is 0 Å². The number of nitrogens with zero attached hydrogens (tertiary/aromatic N) is 4. The van der Waals surface area contributed by atoms with E-state index < -0.39 is 33.9 Å². The van der Waals surface area contributed by atoms with E-state index in [0.29, 0.717) is 5.56 Å². The van der Waals surface area contributed by atoms with Gasteiger partial charge in [-0.1, -0.05) is 48.0 Å². The number of aromatic carboxylic acids is 1. The summed E-state index contributed by atoms with van der Waals surface area (Å²) >= 11 is 6.14. The number of fused-ring (bicyclic) bond motifs is 1. The van der Waals surface area contributed by atoms with Gasteiger partial charge in [-0.25, -0.2) is 9.78 Å². The highest BCUT2D eigenvalue weighted by Crippen LogP contribution is 2.35. The van der Waals surface area contributed by atoms with Gasteiger partial charge in [0, 0.05) is 22.2 Å². The molecule has 0 atom stereocenters. The summed E-state index contributed by atoms with van der Waals surface area (Å²) in [6.07, 6.45) is -3.63. The Morgan fingerprint density at radius 2 is 1.82 bits per heavy atom. The monoisotopic (exact) mass is 622 g/mol. The van der Waals surface area contributed by atoms with E-state index in [2.05, 4.69) is 10.1 Å². The second-order valence-corrected chi connectivity index (χ2v) is 9.72. The Balaban J connectivity index is 1.65. The average molecular weight is 623 g/mol. The number of alkyl halides is 3. The predicted molar refractivity (Wildman–Crippen MR) is 155 cm³/mol. The number of hydrogen-bond donors (Lipinski definition) is 1. The quantitative estimate of drug-likeness (QED) is 0.114. The Morgan fingerprint density at radius 1 is 1.07 bits per heavy atom. The highest BCUT2D eigenvalue weighted by Gasteiger charge is 2.31. The Bertz CT molecular complexity index is 2030. The molecule has 0 saturated heterocycles. The third-order valence-electron chi connectivity index (χ3n) is 6.33. The van der Waals surface area contributed by atoms with Crippen LogP contribution >= 0.6 is 11.6 Å². The number of hydrogen-bond acceptors (Lipinski definition) is 7. The average Bonchev–Trinajstić information content (AvgIpc) is 2.99. The molecule has 1 heterocycles. The Labute approximate surface area is 250 Å². The first-order valence-electron chi connectivity index (χ1n) is 12.6. The largest absolute Gasteiger partial charge is 0.481 e. The summed E-state index contributed by atoms with van der Waals surface area (Å²) in [7, 11) is 0. The van der Waals surface area contributed by atoms with Crippen LogP contribution in [0.3, 0.4) is 0 Å². The van der Waals surface area contributed by atoms with Gasteiger partial charge in [0.2, 0.25) is 5.75 Å². The standard InChI is InChI=1S/C30H18ClF3N4O6/c31-22-13-20(26(25(14-22)38(42)43)44-16-17-5-3-7-19(11-17)29(40)41)15-35-37-27(18-6-4-8-21(12-18)30(32,33)34)36-24-10-2-1-9-23(24)28(37)39/h1-15H,16H2,(H,40,41). The van der Waals surface area contributed by atoms with Crippen LogP contribution in [-0.4, -0.2) is 31.9 Å². The van der Waals surface area contributed by atoms with Crippen molar-refractivity contribution in [2.45, 2.75) is 12.8 Å². The molecule has 0 bridgehead atoms. The zero-order valence-electron chi connectivity index (χ0n) is 22.2. The van der Waals surface area contributed by atoms with Crippen LogP contribution in [0.1, 0.15) is 27.0 Å². The van der Waals surface area contributed by atoms with Crippen molar-refractivity contribution in [1.82, 2.24) is 9.66 Å². The van der Waals surface area contributed by atoms with Crippen molar-refractivity contribution in [2.75, 3.05) is 0 Å². The molecule has 44 heavy (non-hydrogen) atoms. The number of rotatable bonds is 8. The molecule has 0 unspecified atom stereocenters. The van der Waals surface area contributed by atoms with E-state index >= 15 is 0 Å². The summed E-state index contributed by atoms with van der Waals surface area (Å²) < 4.78 is 47.0. The summed E-state index contributed by atoms with van der Waals surface area (Å²) in [5.74, 6) is -1.70. The topological polar surface area (TPSA) is 137 Å². The highest BCUT2D eigenvalue weighted by atomic mass is 35.5. The molecule has 222 valence electrons. The van der Waals surface area contributed by atoms with Crippen LogP contribution in [-0.2, 0) is 12.8 Å². The molecular formula is C30H18ClF3N4O6. The number of halogens is 4. The fourth-order valence-electron chi connectivity index (χ4n) is 4.31. The molecule has 1 aromatic heterocycles. The first kappa shape index (κ1) is 29.9. The molecule has 0 saturated carbocycles. The molecule has 14 heteroatoms. The number of nitro benzene ring substituents is 1. The number of benzene rings is 4. The van der Waals surface area contributed by atoms with Crippen molar-refractivity contribution in [3.63, 3.8) is 0 Å². The van der Waals surface area contributed by atoms with Gasteiger partial charge in [0.15, 0.2) is 5.82 Å². The minimum absolute atomic E-state index is 0.0243. The maximum Gasteiger partial charge on any atom is 0.416 e. The minimum atomic E-state index is -4.67. The molecule has 5 aromatic rings. The summed E-state index contributed by atoms with van der Waals surface area (Å²) in [6, 6.07) is 18.4. The van der Waals surface area contributed by atoms with Gasteiger partial charge in [-0.2, -0.15) is 22.9 Å². The second kappa shape index (κ2) is 12.0. The number of nitro groups is 1. The second-order valence-electron chi connectivity index (χ2n) is 9.29. The van der Waals surface area contributed by atoms with Crippen LogP contribution in [0.5, 0.6) is 5.75 Å². The van der Waals surface area contributed by atoms with Crippen LogP contribution in [0.4, 0.5) is 18.9 Å². The van der Waals surface area contributed by atoms with Crippen LogP contribution in [0.25, 0.3) is 22.3 Å². The Hall–Kier alpha value is -5.56. The van der Waals surface area contributed by atoms with Crippen LogP contribution < -0.4 is 10.3 Å². The highest BCUT2D eigenvalue weighted by molar-refractivity contribution is 6.31. The summed E-state index contributed by atoms with van der Waals surface area (Å²) in [5.41, 5.74) is -1.77. The molecule has 0 aliphatic carbocycles. The lowest BCUT2D eigenvalue weighted by Gasteiger charge is -2.13. The molecule has 0 amide bonds. The van der Waals surface area contributed by atoms with Crippen molar-refractivity contribution in [3.05, 3.63) is 133 Å². The molecule has 0 aliphatic rings. The zero-order valence-corrected chi connectivity index (χ0v) is 22.9. The predicted octanol–water partition coefficient (Wildman–Crippen LogP) is 6.80. The first-order valence-corrected chi connectivity index (χ1v) is 13.0. The molecule has 4 aromatic carbocycles. The smallest absolute Gasteiger partial charge is 0.416 e. The number of carbonyl (C=O) groups is 1. The van der Waals surface area contributed by atoms with Crippen LogP contribution in [0, 0.1) is 10.1 Å². The van der Waals surface area contributed by atoms with E-state index in [-0.39, 0.29) is 50.8 Å². The van der Waals surface area contributed by atoms with Crippen LogP contribution in [0.15, 0.2) is 94.8 Å². The van der Waals surface area contributed by atoms with Gasteiger partial charge >= 0.3 is 17.8 Å². The number of para-hydroxylation sites is 1. The first-order chi connectivity index (χ1) is 20.9. The van der Waals surface area contributed by atoms with Gasteiger partial charge in [0.1, 0.15) is 6.61 Å².